The normalized spacial score (nSPS) is 23.4. The number of hydrogen-bond acceptors (Lipinski definition) is 2. The Balaban J connectivity index is -0.000000375. The van der Waals surface area contributed by atoms with Crippen LogP contribution in [-0.2, 0) is 4.79 Å². The Morgan fingerprint density at radius 1 is 1.05 bits per heavy atom. The fraction of sp³-hybridized carbons (Fsp3) is 0.938. The summed E-state index contributed by atoms with van der Waals surface area (Å²) in [4.78, 5) is 8.00. The van der Waals surface area contributed by atoms with Gasteiger partial charge in [0.2, 0.25) is 0 Å². The lowest BCUT2D eigenvalue weighted by Crippen LogP contribution is -2.28. The summed E-state index contributed by atoms with van der Waals surface area (Å²) < 4.78 is 0. The van der Waals surface area contributed by atoms with Gasteiger partial charge < -0.3 is 9.90 Å². The molecule has 0 bridgehead atoms. The van der Waals surface area contributed by atoms with Crippen LogP contribution in [-0.4, -0.2) is 24.7 Å². The molecular formula is C16H37O2P. The van der Waals surface area contributed by atoms with E-state index in [1.54, 1.807) is 0 Å². The van der Waals surface area contributed by atoms with Gasteiger partial charge in [0.1, 0.15) is 6.79 Å². The topological polar surface area (TPSA) is 37.3 Å². The van der Waals surface area contributed by atoms with Gasteiger partial charge in [-0.15, -0.1) is 9.24 Å². The van der Waals surface area contributed by atoms with E-state index in [2.05, 4.69) is 36.9 Å². The molecule has 1 fully saturated rings. The molecule has 0 aliphatic heterocycles. The van der Waals surface area contributed by atoms with Crippen molar-refractivity contribution in [1.82, 2.24) is 0 Å². The Kier molecular flexibility index (Phi) is 18.4. The van der Waals surface area contributed by atoms with Crippen LogP contribution in [0, 0.1) is 17.3 Å². The highest BCUT2D eigenvalue weighted by atomic mass is 31.0. The highest BCUT2D eigenvalue weighted by molar-refractivity contribution is 7.17. The van der Waals surface area contributed by atoms with Crippen molar-refractivity contribution in [3.05, 3.63) is 0 Å². The zero-order valence-corrected chi connectivity index (χ0v) is 15.4. The summed E-state index contributed by atoms with van der Waals surface area (Å²) in [6, 6.07) is 0. The number of aliphatic hydroxyl groups is 1. The van der Waals surface area contributed by atoms with Crippen LogP contribution in [0.2, 0.25) is 0 Å². The first-order valence-corrected chi connectivity index (χ1v) is 8.07. The van der Waals surface area contributed by atoms with Crippen LogP contribution in [0.25, 0.3) is 0 Å². The summed E-state index contributed by atoms with van der Waals surface area (Å²) in [5, 5.41) is 7.00. The minimum atomic E-state index is 0.537. The zero-order valence-electron chi connectivity index (χ0n) is 14.2. The van der Waals surface area contributed by atoms with Gasteiger partial charge in [0.25, 0.3) is 0 Å². The van der Waals surface area contributed by atoms with Crippen LogP contribution < -0.4 is 0 Å². The third kappa shape index (κ3) is 11.6. The zero-order chi connectivity index (χ0) is 16.1. The molecular weight excluding hydrogens is 255 g/mol. The molecule has 0 saturated heterocycles. The van der Waals surface area contributed by atoms with E-state index in [1.807, 2.05) is 20.6 Å². The predicted octanol–water partition coefficient (Wildman–Crippen LogP) is 4.55. The first-order chi connectivity index (χ1) is 8.91. The fourth-order valence-electron chi connectivity index (χ4n) is 2.51. The molecule has 0 radical (unpaired) electrons. The van der Waals surface area contributed by atoms with Gasteiger partial charge in [0.15, 0.2) is 0 Å². The second-order valence-electron chi connectivity index (χ2n) is 5.84. The molecule has 0 amide bonds. The molecule has 3 heteroatoms. The Hall–Kier alpha value is 0.0600. The van der Waals surface area contributed by atoms with E-state index in [0.29, 0.717) is 5.41 Å². The molecule has 0 aromatic heterocycles. The summed E-state index contributed by atoms with van der Waals surface area (Å²) in [5.74, 6) is 1.94. The lowest BCUT2D eigenvalue weighted by Gasteiger charge is -2.38. The lowest BCUT2D eigenvalue weighted by molar-refractivity contribution is -0.0979. The second kappa shape index (κ2) is 14.5. The molecule has 1 saturated carbocycles. The van der Waals surface area contributed by atoms with Crippen LogP contribution in [0.5, 0.6) is 0 Å². The number of hydrogen-bond donors (Lipinski definition) is 1. The first kappa shape index (κ1) is 24.1. The summed E-state index contributed by atoms with van der Waals surface area (Å²) in [7, 11) is 3.97. The number of carbonyl (C=O) groups is 1. The van der Waals surface area contributed by atoms with Gasteiger partial charge in [0.05, 0.1) is 0 Å². The molecule has 0 aromatic rings. The van der Waals surface area contributed by atoms with Crippen LogP contribution >= 0.6 is 9.24 Å². The van der Waals surface area contributed by atoms with Crippen molar-refractivity contribution in [2.45, 2.75) is 72.9 Å². The SMILES string of the molecule is C=O.CC.CC(P)C1CCC(C(C)(C)C)CC1.CO. The van der Waals surface area contributed by atoms with Gasteiger partial charge in [-0.1, -0.05) is 41.5 Å². The Bertz CT molecular complexity index is 168. The predicted molar refractivity (Wildman–Crippen MR) is 90.7 cm³/mol. The smallest absolute Gasteiger partial charge is 0.106 e. The van der Waals surface area contributed by atoms with Crippen LogP contribution in [0.1, 0.15) is 67.2 Å². The maximum Gasteiger partial charge on any atom is 0.106 e. The van der Waals surface area contributed by atoms with Crippen LogP contribution in [0.3, 0.4) is 0 Å². The summed E-state index contributed by atoms with van der Waals surface area (Å²) in [6.07, 6.45) is 5.80. The maximum absolute atomic E-state index is 8.00. The molecule has 2 nitrogen and oxygen atoms in total. The molecule has 1 rings (SSSR count). The van der Waals surface area contributed by atoms with Crippen molar-refractivity contribution in [2.24, 2.45) is 17.3 Å². The highest BCUT2D eigenvalue weighted by Crippen LogP contribution is 2.41. The molecule has 1 aliphatic carbocycles. The maximum atomic E-state index is 8.00. The lowest BCUT2D eigenvalue weighted by atomic mass is 9.69. The molecule has 118 valence electrons. The minimum absolute atomic E-state index is 0.537. The highest BCUT2D eigenvalue weighted by Gasteiger charge is 2.30. The van der Waals surface area contributed by atoms with Gasteiger partial charge in [-0.25, -0.2) is 0 Å². The summed E-state index contributed by atoms with van der Waals surface area (Å²) in [6.45, 7) is 15.5. The third-order valence-corrected chi connectivity index (χ3v) is 4.28. The molecule has 0 spiro atoms. The van der Waals surface area contributed by atoms with E-state index < -0.39 is 0 Å². The van der Waals surface area contributed by atoms with Crippen molar-refractivity contribution >= 4 is 16.0 Å². The average molecular weight is 292 g/mol. The number of aliphatic hydroxyl groups excluding tert-OH is 1. The number of carbonyl (C=O) groups excluding carboxylic acids is 1. The summed E-state index contributed by atoms with van der Waals surface area (Å²) in [5.41, 5.74) is 1.36. The Morgan fingerprint density at radius 2 is 1.37 bits per heavy atom. The van der Waals surface area contributed by atoms with Crippen molar-refractivity contribution in [3.8, 4) is 0 Å². The standard InChI is InChI=1S/C12H25P.C2H6.CH4O.CH2O/c1-9(13)10-5-7-11(8-6-10)12(2,3)4;3*1-2/h9-11H,5-8,13H2,1-4H3;1-2H3;2H,1H3;1H2. The van der Waals surface area contributed by atoms with Gasteiger partial charge in [-0.2, -0.15) is 0 Å². The van der Waals surface area contributed by atoms with E-state index in [-0.39, 0.29) is 0 Å². The molecule has 1 aliphatic rings. The van der Waals surface area contributed by atoms with Gasteiger partial charge in [-0.3, -0.25) is 0 Å². The molecule has 0 heterocycles. The first-order valence-electron chi connectivity index (χ1n) is 7.40. The Labute approximate surface area is 124 Å². The largest absolute Gasteiger partial charge is 0.400 e. The van der Waals surface area contributed by atoms with E-state index in [1.165, 1.54) is 25.7 Å². The van der Waals surface area contributed by atoms with E-state index >= 15 is 0 Å². The van der Waals surface area contributed by atoms with E-state index in [4.69, 9.17) is 9.90 Å². The molecule has 0 aromatic carbocycles. The van der Waals surface area contributed by atoms with Gasteiger partial charge >= 0.3 is 0 Å². The van der Waals surface area contributed by atoms with Crippen molar-refractivity contribution in [1.29, 1.82) is 0 Å². The fourth-order valence-corrected chi connectivity index (χ4v) is 2.90. The van der Waals surface area contributed by atoms with Gasteiger partial charge in [0, 0.05) is 7.11 Å². The molecule has 2 atom stereocenters. The van der Waals surface area contributed by atoms with Crippen LogP contribution in [0.4, 0.5) is 0 Å². The molecule has 19 heavy (non-hydrogen) atoms. The van der Waals surface area contributed by atoms with E-state index in [9.17, 15) is 0 Å². The summed E-state index contributed by atoms with van der Waals surface area (Å²) >= 11 is 0. The monoisotopic (exact) mass is 292 g/mol. The van der Waals surface area contributed by atoms with Crippen molar-refractivity contribution in [3.63, 3.8) is 0 Å². The molecule has 1 N–H and O–H groups in total. The second-order valence-corrected chi connectivity index (χ2v) is 6.89. The van der Waals surface area contributed by atoms with E-state index in [0.717, 1.165) is 24.6 Å². The number of rotatable bonds is 1. The average Bonchev–Trinajstić information content (AvgIpc) is 2.44. The Morgan fingerprint density at radius 3 is 1.58 bits per heavy atom. The third-order valence-electron chi connectivity index (χ3n) is 3.74. The quantitative estimate of drug-likeness (QED) is 0.720. The van der Waals surface area contributed by atoms with Crippen molar-refractivity contribution in [2.75, 3.05) is 7.11 Å². The van der Waals surface area contributed by atoms with Gasteiger partial charge in [-0.05, 0) is 48.6 Å². The molecule has 2 unspecified atom stereocenters. The minimum Gasteiger partial charge on any atom is -0.400 e. The van der Waals surface area contributed by atoms with Crippen LogP contribution in [0.15, 0.2) is 0 Å². The van der Waals surface area contributed by atoms with Crippen molar-refractivity contribution < 1.29 is 9.90 Å².